The van der Waals surface area contributed by atoms with Gasteiger partial charge in [0, 0.05) is 12.8 Å². The molecule has 0 bridgehead atoms. The summed E-state index contributed by atoms with van der Waals surface area (Å²) in [6, 6.07) is 0. The summed E-state index contributed by atoms with van der Waals surface area (Å²) in [4.78, 5) is 0. The predicted molar refractivity (Wildman–Crippen MR) is 74.4 cm³/mol. The van der Waals surface area contributed by atoms with Crippen molar-refractivity contribution in [2.45, 2.75) is 66.6 Å². The van der Waals surface area contributed by atoms with Crippen LogP contribution in [0.15, 0.2) is 0 Å². The average Bonchev–Trinajstić information content (AvgIpc) is 2.63. The van der Waals surface area contributed by atoms with Gasteiger partial charge >= 0.3 is 0 Å². The number of hydrogen-bond acceptors (Lipinski definition) is 2. The van der Waals surface area contributed by atoms with Crippen LogP contribution in [0.25, 0.3) is 0 Å². The highest BCUT2D eigenvalue weighted by Gasteiger charge is 2.50. The van der Waals surface area contributed by atoms with Crippen molar-refractivity contribution in [2.24, 2.45) is 22.7 Å². The number of hydrogen-bond donors (Lipinski definition) is 0. The first kappa shape index (κ1) is 14.3. The fourth-order valence-corrected chi connectivity index (χ4v) is 3.86. The summed E-state index contributed by atoms with van der Waals surface area (Å²) in [5.41, 5.74) is 0.693. The molecular weight excluding hydrogens is 224 g/mol. The molecule has 18 heavy (non-hydrogen) atoms. The smallest absolute Gasteiger partial charge is 0.168 e. The second kappa shape index (κ2) is 4.49. The van der Waals surface area contributed by atoms with Crippen molar-refractivity contribution in [2.75, 3.05) is 13.2 Å². The van der Waals surface area contributed by atoms with Gasteiger partial charge in [-0.25, -0.2) is 0 Å². The zero-order valence-electron chi connectivity index (χ0n) is 13.0. The van der Waals surface area contributed by atoms with Crippen LogP contribution in [0.3, 0.4) is 0 Å². The van der Waals surface area contributed by atoms with Crippen molar-refractivity contribution >= 4 is 0 Å². The lowest BCUT2D eigenvalue weighted by Crippen LogP contribution is -2.48. The summed E-state index contributed by atoms with van der Waals surface area (Å²) in [6.45, 7) is 15.8. The van der Waals surface area contributed by atoms with Gasteiger partial charge in [-0.05, 0) is 29.1 Å². The monoisotopic (exact) mass is 254 g/mol. The van der Waals surface area contributed by atoms with Gasteiger partial charge in [0.05, 0.1) is 13.2 Å². The van der Waals surface area contributed by atoms with Gasteiger partial charge in [0.2, 0.25) is 0 Å². The van der Waals surface area contributed by atoms with Crippen LogP contribution in [0.2, 0.25) is 0 Å². The third kappa shape index (κ3) is 2.75. The van der Waals surface area contributed by atoms with E-state index < -0.39 is 0 Å². The Morgan fingerprint density at radius 1 is 0.833 bits per heavy atom. The maximum absolute atomic E-state index is 5.95. The predicted octanol–water partition coefficient (Wildman–Crippen LogP) is 4.24. The third-order valence-corrected chi connectivity index (χ3v) is 4.89. The second-order valence-electron chi connectivity index (χ2n) is 8.30. The zero-order chi connectivity index (χ0) is 13.6. The summed E-state index contributed by atoms with van der Waals surface area (Å²) < 4.78 is 11.9. The van der Waals surface area contributed by atoms with E-state index in [1.54, 1.807) is 0 Å². The fraction of sp³-hybridized carbons (Fsp3) is 1.00. The fourth-order valence-electron chi connectivity index (χ4n) is 3.86. The van der Waals surface area contributed by atoms with Gasteiger partial charge < -0.3 is 9.47 Å². The Morgan fingerprint density at radius 3 is 1.78 bits per heavy atom. The molecule has 0 aromatic carbocycles. The van der Waals surface area contributed by atoms with Crippen molar-refractivity contribution in [3.8, 4) is 0 Å². The van der Waals surface area contributed by atoms with Crippen LogP contribution in [0.5, 0.6) is 0 Å². The van der Waals surface area contributed by atoms with Crippen LogP contribution in [-0.2, 0) is 9.47 Å². The molecule has 1 saturated carbocycles. The highest BCUT2D eigenvalue weighted by atomic mass is 16.7. The first-order valence-corrected chi connectivity index (χ1v) is 7.42. The molecule has 2 heteroatoms. The molecule has 0 radical (unpaired) electrons. The molecule has 2 nitrogen and oxygen atoms in total. The van der Waals surface area contributed by atoms with E-state index in [9.17, 15) is 0 Å². The van der Waals surface area contributed by atoms with E-state index in [1.807, 2.05) is 0 Å². The minimum absolute atomic E-state index is 0.250. The van der Waals surface area contributed by atoms with E-state index in [2.05, 4.69) is 41.5 Å². The van der Waals surface area contributed by atoms with Crippen LogP contribution < -0.4 is 0 Å². The summed E-state index contributed by atoms with van der Waals surface area (Å²) in [7, 11) is 0. The Balaban J connectivity index is 2.21. The van der Waals surface area contributed by atoms with Crippen LogP contribution >= 0.6 is 0 Å². The molecule has 1 heterocycles. The maximum atomic E-state index is 5.95. The summed E-state index contributed by atoms with van der Waals surface area (Å²) in [5.74, 6) is 1.18. The first-order chi connectivity index (χ1) is 8.14. The Hall–Kier alpha value is -0.0800. The molecule has 2 rings (SSSR count). The summed E-state index contributed by atoms with van der Waals surface area (Å²) in [5, 5.41) is 0. The van der Waals surface area contributed by atoms with E-state index in [4.69, 9.17) is 9.47 Å². The average molecular weight is 254 g/mol. The normalized spacial score (nSPS) is 33.0. The molecular formula is C16H30O2. The molecule has 2 unspecified atom stereocenters. The lowest BCUT2D eigenvalue weighted by atomic mass is 9.58. The molecule has 0 N–H and O–H groups in total. The minimum atomic E-state index is -0.250. The van der Waals surface area contributed by atoms with Gasteiger partial charge in [0.15, 0.2) is 5.79 Å². The third-order valence-electron chi connectivity index (χ3n) is 4.89. The second-order valence-corrected chi connectivity index (χ2v) is 8.30. The van der Waals surface area contributed by atoms with Crippen molar-refractivity contribution < 1.29 is 9.47 Å². The van der Waals surface area contributed by atoms with Crippen LogP contribution in [-0.4, -0.2) is 19.0 Å². The lowest BCUT2D eigenvalue weighted by Gasteiger charge is -2.51. The van der Waals surface area contributed by atoms with E-state index in [0.717, 1.165) is 32.0 Å². The molecule has 2 atom stereocenters. The molecule has 2 aliphatic rings. The minimum Gasteiger partial charge on any atom is -0.348 e. The molecule has 1 spiro atoms. The SMILES string of the molecule is CC(C)(C)C1CCC2(CC1C(C)(C)C)OCCO2. The standard InChI is InChI=1S/C16H30O2/c1-14(2,3)12-7-8-16(17-9-10-18-16)11-13(12)15(4,5)6/h12-13H,7-11H2,1-6H3. The molecule has 1 saturated heterocycles. The van der Waals surface area contributed by atoms with E-state index in [1.165, 1.54) is 6.42 Å². The van der Waals surface area contributed by atoms with Crippen molar-refractivity contribution in [3.63, 3.8) is 0 Å². The van der Waals surface area contributed by atoms with E-state index in [-0.39, 0.29) is 5.79 Å². The van der Waals surface area contributed by atoms with Gasteiger partial charge in [-0.3, -0.25) is 0 Å². The zero-order valence-corrected chi connectivity index (χ0v) is 13.0. The van der Waals surface area contributed by atoms with E-state index in [0.29, 0.717) is 16.7 Å². The van der Waals surface area contributed by atoms with Gasteiger partial charge in [-0.1, -0.05) is 41.5 Å². The van der Waals surface area contributed by atoms with Gasteiger partial charge in [-0.15, -0.1) is 0 Å². The van der Waals surface area contributed by atoms with Crippen molar-refractivity contribution in [3.05, 3.63) is 0 Å². The number of ether oxygens (including phenoxy) is 2. The Kier molecular flexibility index (Phi) is 3.57. The van der Waals surface area contributed by atoms with Gasteiger partial charge in [0.25, 0.3) is 0 Å². The van der Waals surface area contributed by atoms with Crippen molar-refractivity contribution in [1.29, 1.82) is 0 Å². The molecule has 106 valence electrons. The summed E-state index contributed by atoms with van der Waals surface area (Å²) in [6.07, 6.45) is 3.37. The molecule has 2 fully saturated rings. The quantitative estimate of drug-likeness (QED) is 0.644. The van der Waals surface area contributed by atoms with Crippen LogP contribution in [0.1, 0.15) is 60.8 Å². The first-order valence-electron chi connectivity index (χ1n) is 7.42. The topological polar surface area (TPSA) is 18.5 Å². The highest BCUT2D eigenvalue weighted by molar-refractivity contribution is 4.96. The lowest BCUT2D eigenvalue weighted by molar-refractivity contribution is -0.211. The maximum Gasteiger partial charge on any atom is 0.168 e. The molecule has 0 amide bonds. The number of rotatable bonds is 0. The molecule has 1 aliphatic heterocycles. The van der Waals surface area contributed by atoms with Crippen LogP contribution in [0, 0.1) is 22.7 Å². The Bertz CT molecular complexity index is 289. The Morgan fingerprint density at radius 2 is 1.33 bits per heavy atom. The van der Waals surface area contributed by atoms with E-state index >= 15 is 0 Å². The van der Waals surface area contributed by atoms with Crippen molar-refractivity contribution in [1.82, 2.24) is 0 Å². The molecule has 0 aromatic heterocycles. The van der Waals surface area contributed by atoms with Crippen LogP contribution in [0.4, 0.5) is 0 Å². The molecule has 0 aromatic rings. The Labute approximate surface area is 112 Å². The van der Waals surface area contributed by atoms with Gasteiger partial charge in [0.1, 0.15) is 0 Å². The highest BCUT2D eigenvalue weighted by Crippen LogP contribution is 2.53. The van der Waals surface area contributed by atoms with Gasteiger partial charge in [-0.2, -0.15) is 0 Å². The summed E-state index contributed by atoms with van der Waals surface area (Å²) >= 11 is 0. The largest absolute Gasteiger partial charge is 0.348 e. The molecule has 1 aliphatic carbocycles.